The van der Waals surface area contributed by atoms with Crippen molar-refractivity contribution in [2.45, 2.75) is 25.5 Å². The lowest BCUT2D eigenvalue weighted by Crippen LogP contribution is -2.17. The standard InChI is InChI=1S/C24H23NO2/c1-24(2)17-26-23(25-24)20-15-9-10-16-21(20)27-22(18-11-5-3-6-12-18)19-13-7-4-8-14-19/h3-16,22H,17H2,1-2H3. The molecule has 0 radical (unpaired) electrons. The lowest BCUT2D eigenvalue weighted by Gasteiger charge is -2.22. The molecular weight excluding hydrogens is 334 g/mol. The molecule has 3 aromatic carbocycles. The maximum Gasteiger partial charge on any atom is 0.220 e. The van der Waals surface area contributed by atoms with E-state index in [4.69, 9.17) is 14.5 Å². The fraction of sp³-hybridized carbons (Fsp3) is 0.208. The van der Waals surface area contributed by atoms with Gasteiger partial charge in [-0.3, -0.25) is 0 Å². The van der Waals surface area contributed by atoms with Gasteiger partial charge in [-0.25, -0.2) is 4.99 Å². The summed E-state index contributed by atoms with van der Waals surface area (Å²) in [6.45, 7) is 4.72. The highest BCUT2D eigenvalue weighted by Gasteiger charge is 2.29. The van der Waals surface area contributed by atoms with Gasteiger partial charge in [-0.15, -0.1) is 0 Å². The minimum absolute atomic E-state index is 0.205. The molecule has 0 fully saturated rings. The maximum atomic E-state index is 6.54. The van der Waals surface area contributed by atoms with Gasteiger partial charge in [0.15, 0.2) is 0 Å². The van der Waals surface area contributed by atoms with Gasteiger partial charge in [-0.05, 0) is 37.1 Å². The molecule has 0 unspecified atom stereocenters. The molecule has 0 atom stereocenters. The Hall–Kier alpha value is -3.07. The lowest BCUT2D eigenvalue weighted by atomic mass is 10.0. The van der Waals surface area contributed by atoms with Gasteiger partial charge in [-0.2, -0.15) is 0 Å². The Morgan fingerprint density at radius 2 is 1.37 bits per heavy atom. The van der Waals surface area contributed by atoms with E-state index in [1.165, 1.54) is 0 Å². The first kappa shape index (κ1) is 17.3. The van der Waals surface area contributed by atoms with Crippen molar-refractivity contribution in [3.63, 3.8) is 0 Å². The van der Waals surface area contributed by atoms with Crippen LogP contribution in [0.2, 0.25) is 0 Å². The largest absolute Gasteiger partial charge is 0.480 e. The molecule has 0 N–H and O–H groups in total. The van der Waals surface area contributed by atoms with Crippen LogP contribution in [0.25, 0.3) is 0 Å². The molecule has 0 aromatic heterocycles. The van der Waals surface area contributed by atoms with E-state index < -0.39 is 0 Å². The molecule has 0 bridgehead atoms. The molecule has 3 nitrogen and oxygen atoms in total. The van der Waals surface area contributed by atoms with Crippen molar-refractivity contribution >= 4 is 5.90 Å². The average molecular weight is 357 g/mol. The molecule has 0 amide bonds. The quantitative estimate of drug-likeness (QED) is 0.611. The van der Waals surface area contributed by atoms with Gasteiger partial charge in [-0.1, -0.05) is 72.8 Å². The summed E-state index contributed by atoms with van der Waals surface area (Å²) in [5, 5.41) is 0. The van der Waals surface area contributed by atoms with Crippen LogP contribution in [0.5, 0.6) is 5.75 Å². The van der Waals surface area contributed by atoms with E-state index in [1.54, 1.807) is 0 Å². The first-order valence-corrected chi connectivity index (χ1v) is 9.21. The Morgan fingerprint density at radius 1 is 0.815 bits per heavy atom. The SMILES string of the molecule is CC1(C)COC(c2ccccc2OC(c2ccccc2)c2ccccc2)=N1. The zero-order chi connectivity index (χ0) is 18.7. The first-order chi connectivity index (χ1) is 13.1. The zero-order valence-electron chi connectivity index (χ0n) is 15.6. The van der Waals surface area contributed by atoms with E-state index in [1.807, 2.05) is 60.7 Å². The van der Waals surface area contributed by atoms with Crippen molar-refractivity contribution < 1.29 is 9.47 Å². The van der Waals surface area contributed by atoms with E-state index in [-0.39, 0.29) is 11.6 Å². The molecule has 0 spiro atoms. The molecule has 3 heteroatoms. The Bertz CT molecular complexity index is 893. The summed E-state index contributed by atoms with van der Waals surface area (Å²) in [4.78, 5) is 4.72. The highest BCUT2D eigenvalue weighted by molar-refractivity contribution is 5.98. The van der Waals surface area contributed by atoms with Crippen molar-refractivity contribution in [3.05, 3.63) is 102 Å². The van der Waals surface area contributed by atoms with Crippen LogP contribution in [0.4, 0.5) is 0 Å². The van der Waals surface area contributed by atoms with Crippen molar-refractivity contribution in [3.8, 4) is 5.75 Å². The van der Waals surface area contributed by atoms with E-state index in [9.17, 15) is 0 Å². The summed E-state index contributed by atoms with van der Waals surface area (Å²) in [6, 6.07) is 28.5. The van der Waals surface area contributed by atoms with Crippen molar-refractivity contribution in [1.82, 2.24) is 0 Å². The summed E-state index contributed by atoms with van der Waals surface area (Å²) < 4.78 is 12.4. The first-order valence-electron chi connectivity index (χ1n) is 9.21. The predicted octanol–water partition coefficient (Wildman–Crippen LogP) is 5.41. The topological polar surface area (TPSA) is 30.8 Å². The molecule has 1 aliphatic heterocycles. The summed E-state index contributed by atoms with van der Waals surface area (Å²) in [7, 11) is 0. The second-order valence-corrected chi connectivity index (χ2v) is 7.33. The molecule has 0 aliphatic carbocycles. The molecule has 27 heavy (non-hydrogen) atoms. The van der Waals surface area contributed by atoms with E-state index in [0.717, 1.165) is 22.4 Å². The smallest absolute Gasteiger partial charge is 0.220 e. The van der Waals surface area contributed by atoms with Crippen LogP contribution < -0.4 is 4.74 Å². The predicted molar refractivity (Wildman–Crippen MR) is 108 cm³/mol. The number of benzene rings is 3. The Balaban J connectivity index is 1.73. The number of hydrogen-bond acceptors (Lipinski definition) is 3. The third kappa shape index (κ3) is 3.87. The van der Waals surface area contributed by atoms with Gasteiger partial charge >= 0.3 is 0 Å². The molecule has 3 aromatic rings. The lowest BCUT2D eigenvalue weighted by molar-refractivity contribution is 0.244. The summed E-state index contributed by atoms with van der Waals surface area (Å²) in [6.07, 6.45) is -0.205. The van der Waals surface area contributed by atoms with Gasteiger partial charge in [0.2, 0.25) is 5.90 Å². The number of nitrogens with zero attached hydrogens (tertiary/aromatic N) is 1. The van der Waals surface area contributed by atoms with Gasteiger partial charge in [0.05, 0.1) is 11.1 Å². The van der Waals surface area contributed by atoms with Crippen molar-refractivity contribution in [2.24, 2.45) is 4.99 Å². The number of hydrogen-bond donors (Lipinski definition) is 0. The van der Waals surface area contributed by atoms with Crippen molar-refractivity contribution in [2.75, 3.05) is 6.61 Å². The van der Waals surface area contributed by atoms with Crippen LogP contribution in [-0.4, -0.2) is 18.0 Å². The summed E-state index contributed by atoms with van der Waals surface area (Å²) >= 11 is 0. The second kappa shape index (κ2) is 7.28. The molecule has 0 saturated carbocycles. The van der Waals surface area contributed by atoms with Crippen LogP contribution >= 0.6 is 0 Å². The van der Waals surface area contributed by atoms with Crippen LogP contribution in [0.1, 0.15) is 36.6 Å². The third-order valence-corrected chi connectivity index (χ3v) is 4.53. The second-order valence-electron chi connectivity index (χ2n) is 7.33. The minimum atomic E-state index is -0.208. The third-order valence-electron chi connectivity index (χ3n) is 4.53. The Morgan fingerprint density at radius 3 is 1.93 bits per heavy atom. The maximum absolute atomic E-state index is 6.54. The monoisotopic (exact) mass is 357 g/mol. The highest BCUT2D eigenvalue weighted by Crippen LogP contribution is 2.32. The number of para-hydroxylation sites is 1. The molecule has 136 valence electrons. The molecular formula is C24H23NO2. The normalized spacial score (nSPS) is 15.3. The molecule has 1 heterocycles. The van der Waals surface area contributed by atoms with Crippen LogP contribution in [-0.2, 0) is 4.74 Å². The highest BCUT2D eigenvalue weighted by atomic mass is 16.5. The van der Waals surface area contributed by atoms with Crippen molar-refractivity contribution in [1.29, 1.82) is 0 Å². The Kier molecular flexibility index (Phi) is 4.68. The van der Waals surface area contributed by atoms with E-state index in [2.05, 4.69) is 38.1 Å². The Labute approximate surface area is 160 Å². The van der Waals surface area contributed by atoms with Crippen LogP contribution in [0.15, 0.2) is 89.9 Å². The number of rotatable bonds is 5. The van der Waals surface area contributed by atoms with Gasteiger partial charge < -0.3 is 9.47 Å². The summed E-state index contributed by atoms with van der Waals surface area (Å²) in [5.74, 6) is 1.42. The minimum Gasteiger partial charge on any atom is -0.480 e. The molecule has 4 rings (SSSR count). The fourth-order valence-electron chi connectivity index (χ4n) is 3.18. The van der Waals surface area contributed by atoms with Gasteiger partial charge in [0, 0.05) is 0 Å². The van der Waals surface area contributed by atoms with Gasteiger partial charge in [0.25, 0.3) is 0 Å². The van der Waals surface area contributed by atoms with E-state index >= 15 is 0 Å². The van der Waals surface area contributed by atoms with Gasteiger partial charge in [0.1, 0.15) is 18.5 Å². The fourth-order valence-corrected chi connectivity index (χ4v) is 3.18. The van der Waals surface area contributed by atoms with Crippen LogP contribution in [0, 0.1) is 0 Å². The number of aliphatic imine (C=N–C) groups is 1. The zero-order valence-corrected chi connectivity index (χ0v) is 15.6. The molecule has 1 aliphatic rings. The van der Waals surface area contributed by atoms with Crippen LogP contribution in [0.3, 0.4) is 0 Å². The molecule has 0 saturated heterocycles. The van der Waals surface area contributed by atoms with E-state index in [0.29, 0.717) is 12.5 Å². The average Bonchev–Trinajstić information content (AvgIpc) is 3.07. The summed E-state index contributed by atoms with van der Waals surface area (Å²) in [5.41, 5.74) is 2.89. The number of ether oxygens (including phenoxy) is 2.